The third-order valence-corrected chi connectivity index (χ3v) is 8.28. The summed E-state index contributed by atoms with van der Waals surface area (Å²) in [7, 11) is 0. The summed E-state index contributed by atoms with van der Waals surface area (Å²) in [6.45, 7) is -4.60. The number of fused-ring (bicyclic) bond motifs is 2. The van der Waals surface area contributed by atoms with Crippen LogP contribution in [0.2, 0.25) is 0 Å². The maximum atomic E-state index is 12.1. The number of aromatic nitrogens is 8. The summed E-state index contributed by atoms with van der Waals surface area (Å²) >= 11 is 5.20. The molecule has 6 heterocycles. The first-order valence-electron chi connectivity index (χ1n) is 12.0. The number of rotatable bonds is 8. The van der Waals surface area contributed by atoms with E-state index in [1.54, 1.807) is 4.57 Å². The lowest BCUT2D eigenvalue weighted by Crippen LogP contribution is -2.29. The molecule has 0 radical (unpaired) electrons. The summed E-state index contributed by atoms with van der Waals surface area (Å²) < 4.78 is 26.1. The number of imidazole rings is 2. The van der Waals surface area contributed by atoms with Crippen molar-refractivity contribution >= 4 is 52.6 Å². The molecular formula is C20H25N10O8PS. The molecule has 2 fully saturated rings. The number of hydrogen-bond acceptors (Lipinski definition) is 15. The molecule has 1 unspecified atom stereocenters. The zero-order valence-corrected chi connectivity index (χ0v) is 22.3. The van der Waals surface area contributed by atoms with Gasteiger partial charge in [0.2, 0.25) is 5.95 Å². The van der Waals surface area contributed by atoms with Crippen molar-refractivity contribution in [3.05, 3.63) is 29.3 Å². The quantitative estimate of drug-likeness (QED) is 0.129. The maximum absolute atomic E-state index is 12.1. The Morgan fingerprint density at radius 3 is 2.55 bits per heavy atom. The number of H-pyrrole nitrogens is 1. The van der Waals surface area contributed by atoms with Crippen LogP contribution in [0.5, 0.6) is 0 Å². The van der Waals surface area contributed by atoms with Gasteiger partial charge >= 0.3 is 6.72 Å². The summed E-state index contributed by atoms with van der Waals surface area (Å²) in [6, 6.07) is 0. The van der Waals surface area contributed by atoms with Crippen molar-refractivity contribution in [3.63, 3.8) is 0 Å². The first-order chi connectivity index (χ1) is 19.1. The number of hydrogen-bond donors (Lipinski definition) is 6. The Morgan fingerprint density at radius 1 is 1.07 bits per heavy atom. The Balaban J connectivity index is 1.10. The van der Waals surface area contributed by atoms with Gasteiger partial charge in [-0.2, -0.15) is 4.98 Å². The molecule has 8 N–H and O–H groups in total. The van der Waals surface area contributed by atoms with Gasteiger partial charge in [-0.25, -0.2) is 19.9 Å². The smallest absolute Gasteiger partial charge is 0.324 e. The molecular weight excluding hydrogens is 571 g/mol. The van der Waals surface area contributed by atoms with E-state index in [2.05, 4.69) is 29.9 Å². The van der Waals surface area contributed by atoms with Crippen molar-refractivity contribution in [1.29, 1.82) is 0 Å². The van der Waals surface area contributed by atoms with Crippen LogP contribution in [0, 0.1) is 0 Å². The molecule has 6 rings (SSSR count). The maximum Gasteiger partial charge on any atom is 0.324 e. The fourth-order valence-electron chi connectivity index (χ4n) is 4.79. The van der Waals surface area contributed by atoms with Gasteiger partial charge in [-0.05, 0) is 11.8 Å². The SMILES string of the molecule is Nc1nc2c(ncn2[C@H]2C[C@H](OP(O)(=S)OC[C@H]3O[C@@H](n4cnc5c(N)ncnc54)C[C@@H]3O)[C@@H](CO)O2)c(=O)[nH]1. The second kappa shape index (κ2) is 10.4. The van der Waals surface area contributed by atoms with Crippen LogP contribution in [0.3, 0.4) is 0 Å². The predicted octanol–water partition coefficient (Wildman–Crippen LogP) is -1.33. The Morgan fingerprint density at radius 2 is 1.77 bits per heavy atom. The fourth-order valence-corrected chi connectivity index (χ4v) is 6.26. The lowest BCUT2D eigenvalue weighted by atomic mass is 10.2. The molecule has 18 nitrogen and oxygen atoms in total. The lowest BCUT2D eigenvalue weighted by Gasteiger charge is -2.24. The van der Waals surface area contributed by atoms with Gasteiger partial charge in [-0.3, -0.25) is 18.9 Å². The number of nitrogen functional groups attached to an aromatic ring is 2. The second-order valence-electron chi connectivity index (χ2n) is 9.25. The van der Waals surface area contributed by atoms with Crippen molar-refractivity contribution in [3.8, 4) is 0 Å². The zero-order valence-electron chi connectivity index (χ0n) is 20.5. The summed E-state index contributed by atoms with van der Waals surface area (Å²) in [6.07, 6.45) is -0.426. The molecule has 0 amide bonds. The largest absolute Gasteiger partial charge is 0.394 e. The standard InChI is InChI=1S/C20H25N10O8PS/c21-16-14-17(24-5-23-16)29(6-25-14)12-1-8(32)11(37-12)4-35-39(34,40)38-9-2-13(36-10(9)3-31)30-7-26-15-18(30)27-20(22)28-19(15)33/h5-13,31-32H,1-4H2,(H,34,40)(H2,21,23,24)(H3,22,27,28,33)/t8-,9-,10+,11+,12+,13+,39?/m0/s1. The van der Waals surface area contributed by atoms with E-state index in [1.807, 2.05) is 0 Å². The van der Waals surface area contributed by atoms with Gasteiger partial charge in [0.1, 0.15) is 36.5 Å². The predicted molar refractivity (Wildman–Crippen MR) is 140 cm³/mol. The van der Waals surface area contributed by atoms with Crippen LogP contribution in [0.1, 0.15) is 25.3 Å². The minimum absolute atomic E-state index is 0.0614. The Bertz CT molecular complexity index is 1660. The molecule has 4 aromatic heterocycles. The molecule has 0 spiro atoms. The van der Waals surface area contributed by atoms with Gasteiger partial charge in [-0.15, -0.1) is 0 Å². The number of aliphatic hydroxyl groups is 2. The molecule has 2 saturated heterocycles. The number of anilines is 2. The van der Waals surface area contributed by atoms with Crippen molar-refractivity contribution < 1.29 is 33.6 Å². The van der Waals surface area contributed by atoms with Crippen molar-refractivity contribution in [2.45, 2.75) is 49.7 Å². The summed E-state index contributed by atoms with van der Waals surface area (Å²) in [5, 5.41) is 20.4. The Hall–Kier alpha value is -3.13. The van der Waals surface area contributed by atoms with Crippen LogP contribution < -0.4 is 17.0 Å². The highest BCUT2D eigenvalue weighted by atomic mass is 32.5. The third kappa shape index (κ3) is 4.95. The van der Waals surface area contributed by atoms with Crippen LogP contribution in [0.25, 0.3) is 22.3 Å². The molecule has 20 heteroatoms. The number of aliphatic hydroxyl groups excluding tert-OH is 2. The molecule has 7 atom stereocenters. The molecule has 4 aromatic rings. The molecule has 0 saturated carbocycles. The third-order valence-electron chi connectivity index (χ3n) is 6.69. The molecule has 0 aromatic carbocycles. The lowest BCUT2D eigenvalue weighted by molar-refractivity contribution is -0.0507. The summed E-state index contributed by atoms with van der Waals surface area (Å²) in [4.78, 5) is 45.7. The average Bonchev–Trinajstić information content (AvgIpc) is 3.67. The fraction of sp³-hybridized carbons (Fsp3) is 0.500. The Labute approximate surface area is 229 Å². The van der Waals surface area contributed by atoms with E-state index in [4.69, 9.17) is 41.8 Å². The van der Waals surface area contributed by atoms with Gasteiger partial charge < -0.3 is 45.1 Å². The van der Waals surface area contributed by atoms with Crippen LogP contribution in [-0.4, -0.2) is 91.8 Å². The molecule has 0 bridgehead atoms. The van der Waals surface area contributed by atoms with Crippen molar-refractivity contribution in [2.24, 2.45) is 0 Å². The highest BCUT2D eigenvalue weighted by Gasteiger charge is 2.42. The minimum Gasteiger partial charge on any atom is -0.394 e. The van der Waals surface area contributed by atoms with Gasteiger partial charge in [0.15, 0.2) is 22.6 Å². The summed E-state index contributed by atoms with van der Waals surface area (Å²) in [5.41, 5.74) is 12.1. The van der Waals surface area contributed by atoms with Gasteiger partial charge in [0.05, 0.1) is 38.1 Å². The number of ether oxygens (including phenoxy) is 2. The first kappa shape index (κ1) is 27.1. The minimum atomic E-state index is -3.88. The first-order valence-corrected chi connectivity index (χ1v) is 14.6. The van der Waals surface area contributed by atoms with Crippen LogP contribution >= 0.6 is 6.72 Å². The number of nitrogens with one attached hydrogen (secondary N) is 1. The van der Waals surface area contributed by atoms with E-state index in [1.165, 1.54) is 23.5 Å². The van der Waals surface area contributed by atoms with Gasteiger partial charge in [0.25, 0.3) is 5.56 Å². The normalized spacial score (nSPS) is 28.5. The summed E-state index contributed by atoms with van der Waals surface area (Å²) in [5.74, 6) is 0.120. The van der Waals surface area contributed by atoms with Crippen molar-refractivity contribution in [2.75, 3.05) is 24.7 Å². The Kier molecular flexibility index (Phi) is 7.01. The van der Waals surface area contributed by atoms with E-state index < -0.39 is 55.8 Å². The molecule has 214 valence electrons. The molecule has 2 aliphatic heterocycles. The van der Waals surface area contributed by atoms with Crippen LogP contribution in [-0.2, 0) is 30.3 Å². The monoisotopic (exact) mass is 596 g/mol. The van der Waals surface area contributed by atoms with Gasteiger partial charge in [-0.1, -0.05) is 0 Å². The van der Waals surface area contributed by atoms with Crippen LogP contribution in [0.4, 0.5) is 11.8 Å². The molecule has 0 aliphatic carbocycles. The number of nitrogens with two attached hydrogens (primary N) is 2. The van der Waals surface area contributed by atoms with E-state index in [-0.39, 0.29) is 42.4 Å². The van der Waals surface area contributed by atoms with Crippen molar-refractivity contribution in [1.82, 2.24) is 39.0 Å². The highest BCUT2D eigenvalue weighted by molar-refractivity contribution is 8.07. The van der Waals surface area contributed by atoms with Crippen LogP contribution in [0.15, 0.2) is 23.8 Å². The zero-order chi connectivity index (χ0) is 28.2. The van der Waals surface area contributed by atoms with E-state index in [0.29, 0.717) is 11.2 Å². The van der Waals surface area contributed by atoms with Gasteiger partial charge in [0, 0.05) is 12.8 Å². The van der Waals surface area contributed by atoms with E-state index in [0.717, 1.165) is 0 Å². The number of nitrogens with zero attached hydrogens (tertiary/aromatic N) is 7. The van der Waals surface area contributed by atoms with E-state index >= 15 is 0 Å². The highest BCUT2D eigenvalue weighted by Crippen LogP contribution is 2.49. The van der Waals surface area contributed by atoms with E-state index in [9.17, 15) is 19.9 Å². The average molecular weight is 597 g/mol. The second-order valence-corrected chi connectivity index (χ2v) is 12.0. The topological polar surface area (TPSA) is 257 Å². The molecule has 2 aliphatic rings. The molecule has 40 heavy (non-hydrogen) atoms. The number of aromatic amines is 1.